The number of nitrogens with one attached hydrogen (secondary N) is 1. The maximum absolute atomic E-state index is 10.7. The van der Waals surface area contributed by atoms with Gasteiger partial charge in [0.25, 0.3) is 5.69 Å². The molecule has 0 aliphatic heterocycles. The summed E-state index contributed by atoms with van der Waals surface area (Å²) in [7, 11) is 1.21. The Balaban J connectivity index is 2.77. The number of hydrogen-bond donors (Lipinski definition) is 1. The van der Waals surface area contributed by atoms with Crippen LogP contribution in [0, 0.1) is 10.1 Å². The van der Waals surface area contributed by atoms with Crippen molar-refractivity contribution in [1.29, 1.82) is 0 Å². The van der Waals surface area contributed by atoms with Crippen molar-refractivity contribution in [3.05, 3.63) is 34.4 Å². The molecule has 0 unspecified atom stereocenters. The Morgan fingerprint density at radius 1 is 1.56 bits per heavy atom. The topological polar surface area (TPSA) is 93.8 Å². The largest absolute Gasteiger partial charge is 0.465 e. The second-order valence-electron chi connectivity index (χ2n) is 2.67. The molecule has 1 rings (SSSR count). The second-order valence-corrected chi connectivity index (χ2v) is 2.67. The van der Waals surface area contributed by atoms with Crippen LogP contribution in [-0.4, -0.2) is 24.2 Å². The van der Waals surface area contributed by atoms with Gasteiger partial charge >= 0.3 is 5.97 Å². The molecule has 0 saturated heterocycles. The van der Waals surface area contributed by atoms with Crippen molar-refractivity contribution in [3.63, 3.8) is 0 Å². The number of nitro groups is 1. The lowest BCUT2D eigenvalue weighted by atomic mass is 10.3. The minimum absolute atomic E-state index is 0.121. The number of anilines is 1. The molecule has 0 aliphatic rings. The number of hydrogen-bond acceptors (Lipinski definition) is 6. The van der Waals surface area contributed by atoms with Gasteiger partial charge in [-0.2, -0.15) is 5.10 Å². The first-order chi connectivity index (χ1) is 7.65. The van der Waals surface area contributed by atoms with Gasteiger partial charge in [0.05, 0.1) is 12.0 Å². The number of rotatable bonds is 4. The molecule has 1 N–H and O–H groups in total. The molecule has 0 radical (unpaired) electrons. The van der Waals surface area contributed by atoms with Gasteiger partial charge in [0.2, 0.25) is 0 Å². The number of hydrazone groups is 1. The third-order valence-corrected chi connectivity index (χ3v) is 1.66. The lowest BCUT2D eigenvalue weighted by Crippen LogP contribution is -2.03. The van der Waals surface area contributed by atoms with Crippen LogP contribution in [-0.2, 0) is 9.53 Å². The zero-order chi connectivity index (χ0) is 12.0. The van der Waals surface area contributed by atoms with Crippen LogP contribution in [0.2, 0.25) is 0 Å². The number of nitrogens with zero attached hydrogens (tertiary/aromatic N) is 2. The minimum Gasteiger partial charge on any atom is -0.465 e. The summed E-state index contributed by atoms with van der Waals surface area (Å²) in [5.41, 5.74) is 2.47. The molecular formula is C9H9N3O4. The first-order valence-electron chi connectivity index (χ1n) is 4.25. The number of carbonyl (C=O) groups excluding carboxylic acids is 1. The lowest BCUT2D eigenvalue weighted by Gasteiger charge is -2.00. The summed E-state index contributed by atoms with van der Waals surface area (Å²) in [5, 5.41) is 14.1. The highest BCUT2D eigenvalue weighted by Crippen LogP contribution is 2.22. The molecule has 0 spiro atoms. The molecule has 1 aromatic carbocycles. The summed E-state index contributed by atoms with van der Waals surface area (Å²) >= 11 is 0. The summed E-state index contributed by atoms with van der Waals surface area (Å²) in [6.07, 6.45) is 0.886. The lowest BCUT2D eigenvalue weighted by molar-refractivity contribution is -0.384. The van der Waals surface area contributed by atoms with Gasteiger partial charge in [0.15, 0.2) is 0 Å². The maximum atomic E-state index is 10.7. The quantitative estimate of drug-likeness (QED) is 0.358. The summed E-state index contributed by atoms with van der Waals surface area (Å²) in [5.74, 6) is -0.647. The molecule has 0 atom stereocenters. The van der Waals surface area contributed by atoms with Gasteiger partial charge in [0.1, 0.15) is 11.9 Å². The SMILES string of the molecule is COC(=O)/C=N/Nc1ccccc1[N+](=O)[O-]. The van der Waals surface area contributed by atoms with Gasteiger partial charge in [-0.1, -0.05) is 12.1 Å². The summed E-state index contributed by atoms with van der Waals surface area (Å²) in [6.45, 7) is 0. The molecule has 0 saturated carbocycles. The average molecular weight is 223 g/mol. The zero-order valence-corrected chi connectivity index (χ0v) is 8.41. The number of ether oxygens (including phenoxy) is 1. The van der Waals surface area contributed by atoms with Crippen LogP contribution in [0.25, 0.3) is 0 Å². The van der Waals surface area contributed by atoms with E-state index in [4.69, 9.17) is 0 Å². The monoisotopic (exact) mass is 223 g/mol. The van der Waals surface area contributed by atoms with Crippen LogP contribution < -0.4 is 5.43 Å². The highest BCUT2D eigenvalue weighted by atomic mass is 16.6. The number of para-hydroxylation sites is 2. The fourth-order valence-electron chi connectivity index (χ4n) is 0.935. The first kappa shape index (κ1) is 11.6. The van der Waals surface area contributed by atoms with Crippen LogP contribution in [0.4, 0.5) is 11.4 Å². The van der Waals surface area contributed by atoms with Crippen molar-refractivity contribution in [3.8, 4) is 0 Å². The van der Waals surface area contributed by atoms with E-state index >= 15 is 0 Å². The maximum Gasteiger partial charge on any atom is 0.350 e. The van der Waals surface area contributed by atoms with Crippen molar-refractivity contribution < 1.29 is 14.5 Å². The van der Waals surface area contributed by atoms with Gasteiger partial charge in [-0.15, -0.1) is 0 Å². The summed E-state index contributed by atoms with van der Waals surface area (Å²) < 4.78 is 4.30. The molecule has 0 aliphatic carbocycles. The Morgan fingerprint density at radius 3 is 2.88 bits per heavy atom. The second kappa shape index (κ2) is 5.44. The summed E-state index contributed by atoms with van der Waals surface area (Å²) in [6, 6.07) is 5.96. The van der Waals surface area contributed by atoms with E-state index in [0.717, 1.165) is 6.21 Å². The number of esters is 1. The Morgan fingerprint density at radius 2 is 2.25 bits per heavy atom. The number of methoxy groups -OCH3 is 1. The molecule has 0 fully saturated rings. The van der Waals surface area contributed by atoms with Crippen molar-refractivity contribution in [1.82, 2.24) is 0 Å². The van der Waals surface area contributed by atoms with Gasteiger partial charge < -0.3 is 4.74 Å². The van der Waals surface area contributed by atoms with Crippen LogP contribution in [0.15, 0.2) is 29.4 Å². The Bertz CT molecular complexity index is 431. The molecule has 0 aromatic heterocycles. The fraction of sp³-hybridized carbons (Fsp3) is 0.111. The smallest absolute Gasteiger partial charge is 0.350 e. The van der Waals surface area contributed by atoms with E-state index in [2.05, 4.69) is 15.3 Å². The van der Waals surface area contributed by atoms with E-state index in [1.54, 1.807) is 6.07 Å². The normalized spacial score (nSPS) is 10.1. The number of carbonyl (C=O) groups is 1. The fourth-order valence-corrected chi connectivity index (χ4v) is 0.935. The molecule has 7 nitrogen and oxygen atoms in total. The molecule has 0 heterocycles. The number of benzene rings is 1. The summed E-state index contributed by atoms with van der Waals surface area (Å²) in [4.78, 5) is 20.7. The van der Waals surface area contributed by atoms with E-state index in [1.165, 1.54) is 25.3 Å². The molecule has 0 bridgehead atoms. The van der Waals surface area contributed by atoms with E-state index in [0.29, 0.717) is 0 Å². The third-order valence-electron chi connectivity index (χ3n) is 1.66. The molecule has 16 heavy (non-hydrogen) atoms. The van der Waals surface area contributed by atoms with Crippen molar-refractivity contribution in [2.24, 2.45) is 5.10 Å². The minimum atomic E-state index is -0.647. The van der Waals surface area contributed by atoms with Crippen molar-refractivity contribution in [2.75, 3.05) is 12.5 Å². The predicted octanol–water partition coefficient (Wildman–Crippen LogP) is 1.17. The third kappa shape index (κ3) is 3.05. The van der Waals surface area contributed by atoms with E-state index in [-0.39, 0.29) is 11.4 Å². The van der Waals surface area contributed by atoms with Gasteiger partial charge in [0, 0.05) is 6.07 Å². The van der Waals surface area contributed by atoms with Crippen molar-refractivity contribution in [2.45, 2.75) is 0 Å². The van der Waals surface area contributed by atoms with Gasteiger partial charge in [-0.25, -0.2) is 4.79 Å². The predicted molar refractivity (Wildman–Crippen MR) is 57.2 cm³/mol. The van der Waals surface area contributed by atoms with Crippen LogP contribution >= 0.6 is 0 Å². The Kier molecular flexibility index (Phi) is 3.96. The van der Waals surface area contributed by atoms with E-state index < -0.39 is 10.9 Å². The van der Waals surface area contributed by atoms with Crippen LogP contribution in [0.5, 0.6) is 0 Å². The zero-order valence-electron chi connectivity index (χ0n) is 8.41. The standard InChI is InChI=1S/C9H9N3O4/c1-16-9(13)6-10-11-7-4-2-3-5-8(7)12(14)15/h2-6,11H,1H3/b10-6+. The highest BCUT2D eigenvalue weighted by Gasteiger charge is 2.10. The molecule has 1 aromatic rings. The molecule has 7 heteroatoms. The molecule has 0 amide bonds. The first-order valence-corrected chi connectivity index (χ1v) is 4.25. The van der Waals surface area contributed by atoms with Gasteiger partial charge in [-0.05, 0) is 6.07 Å². The Hall–Kier alpha value is -2.44. The molecule has 84 valence electrons. The molecular weight excluding hydrogens is 214 g/mol. The average Bonchev–Trinajstić information content (AvgIpc) is 2.29. The van der Waals surface area contributed by atoms with E-state index in [9.17, 15) is 14.9 Å². The van der Waals surface area contributed by atoms with Crippen LogP contribution in [0.3, 0.4) is 0 Å². The number of nitro benzene ring substituents is 1. The van der Waals surface area contributed by atoms with Crippen LogP contribution in [0.1, 0.15) is 0 Å². The van der Waals surface area contributed by atoms with Gasteiger partial charge in [-0.3, -0.25) is 15.5 Å². The van der Waals surface area contributed by atoms with Crippen molar-refractivity contribution >= 4 is 23.6 Å². The van der Waals surface area contributed by atoms with E-state index in [1.807, 2.05) is 0 Å². The Labute approximate surface area is 90.9 Å². The highest BCUT2D eigenvalue weighted by molar-refractivity contribution is 6.23.